The second-order valence-electron chi connectivity index (χ2n) is 5.79. The molecule has 0 aromatic heterocycles. The zero-order chi connectivity index (χ0) is 12.8. The molecule has 0 bridgehead atoms. The van der Waals surface area contributed by atoms with E-state index in [0.29, 0.717) is 19.3 Å². The Morgan fingerprint density at radius 2 is 2.11 bits per heavy atom. The third-order valence-corrected chi connectivity index (χ3v) is 4.21. The van der Waals surface area contributed by atoms with Gasteiger partial charge in [0.1, 0.15) is 0 Å². The van der Waals surface area contributed by atoms with Gasteiger partial charge in [-0.2, -0.15) is 0 Å². The first-order valence-corrected chi connectivity index (χ1v) is 7.30. The molecule has 18 heavy (non-hydrogen) atoms. The predicted molar refractivity (Wildman–Crippen MR) is 70.7 cm³/mol. The smallest absolute Gasteiger partial charge is 0.0897 e. The summed E-state index contributed by atoms with van der Waals surface area (Å²) in [5.41, 5.74) is 0.204. The minimum atomic E-state index is -0.417. The van der Waals surface area contributed by atoms with Crippen LogP contribution in [0, 0.1) is 0 Å². The maximum Gasteiger partial charge on any atom is 0.0897 e. The molecule has 2 fully saturated rings. The molecule has 2 atom stereocenters. The second kappa shape index (κ2) is 6.85. The van der Waals surface area contributed by atoms with Crippen molar-refractivity contribution in [2.75, 3.05) is 26.8 Å². The molecule has 2 N–H and O–H groups in total. The number of rotatable bonds is 6. The Kier molecular flexibility index (Phi) is 5.42. The summed E-state index contributed by atoms with van der Waals surface area (Å²) in [5, 5.41) is 12.8. The molecule has 4 heteroatoms. The van der Waals surface area contributed by atoms with E-state index < -0.39 is 6.10 Å². The highest BCUT2D eigenvalue weighted by atomic mass is 16.5. The number of hydrogen-bond donors (Lipinski definition) is 2. The van der Waals surface area contributed by atoms with Crippen molar-refractivity contribution in [1.29, 1.82) is 0 Å². The second-order valence-corrected chi connectivity index (χ2v) is 5.79. The van der Waals surface area contributed by atoms with Gasteiger partial charge in [0, 0.05) is 20.2 Å². The van der Waals surface area contributed by atoms with Gasteiger partial charge in [-0.1, -0.05) is 19.3 Å². The van der Waals surface area contributed by atoms with E-state index in [1.54, 1.807) is 7.11 Å². The van der Waals surface area contributed by atoms with Crippen LogP contribution >= 0.6 is 0 Å². The van der Waals surface area contributed by atoms with Gasteiger partial charge in [-0.05, 0) is 25.7 Å². The van der Waals surface area contributed by atoms with Crippen LogP contribution in [0.25, 0.3) is 0 Å². The van der Waals surface area contributed by atoms with Gasteiger partial charge in [0.05, 0.1) is 24.4 Å². The van der Waals surface area contributed by atoms with Crippen LogP contribution in [0.2, 0.25) is 0 Å². The lowest BCUT2D eigenvalue weighted by Crippen LogP contribution is -2.37. The molecule has 1 heterocycles. The van der Waals surface area contributed by atoms with Crippen molar-refractivity contribution in [2.45, 2.75) is 62.8 Å². The summed E-state index contributed by atoms with van der Waals surface area (Å²) in [5.74, 6) is 0. The molecule has 4 nitrogen and oxygen atoms in total. The normalized spacial score (nSPS) is 28.7. The lowest BCUT2D eigenvalue weighted by Gasteiger charge is -2.33. The lowest BCUT2D eigenvalue weighted by atomic mass is 9.83. The molecule has 1 saturated heterocycles. The monoisotopic (exact) mass is 257 g/mol. The fraction of sp³-hybridized carbons (Fsp3) is 1.00. The summed E-state index contributed by atoms with van der Waals surface area (Å²) in [4.78, 5) is 0. The van der Waals surface area contributed by atoms with Gasteiger partial charge in [-0.25, -0.2) is 0 Å². The van der Waals surface area contributed by atoms with E-state index in [4.69, 9.17) is 9.47 Å². The van der Waals surface area contributed by atoms with Crippen LogP contribution in [0.3, 0.4) is 0 Å². The minimum Gasteiger partial charge on any atom is -0.389 e. The van der Waals surface area contributed by atoms with Gasteiger partial charge in [0.25, 0.3) is 0 Å². The van der Waals surface area contributed by atoms with Crippen molar-refractivity contribution in [1.82, 2.24) is 5.32 Å². The zero-order valence-electron chi connectivity index (χ0n) is 11.5. The first-order chi connectivity index (χ1) is 8.74. The Labute approximate surface area is 110 Å². The van der Waals surface area contributed by atoms with E-state index in [-0.39, 0.29) is 5.60 Å². The standard InChI is InChI=1S/C14H27NO3/c1-17-11-12(16)9-15-10-13-5-8-14(18-13)6-3-2-4-7-14/h12-13,15-16H,2-11H2,1H3. The summed E-state index contributed by atoms with van der Waals surface area (Å²) >= 11 is 0. The topological polar surface area (TPSA) is 50.7 Å². The molecular weight excluding hydrogens is 230 g/mol. The zero-order valence-corrected chi connectivity index (χ0v) is 11.5. The summed E-state index contributed by atoms with van der Waals surface area (Å²) in [7, 11) is 1.61. The van der Waals surface area contributed by atoms with Crippen LogP contribution in [0.4, 0.5) is 0 Å². The average molecular weight is 257 g/mol. The Morgan fingerprint density at radius 1 is 1.33 bits per heavy atom. The van der Waals surface area contributed by atoms with E-state index in [9.17, 15) is 5.11 Å². The Balaban J connectivity index is 1.63. The predicted octanol–water partition coefficient (Wildman–Crippen LogP) is 1.47. The number of aliphatic hydroxyl groups is 1. The number of aliphatic hydroxyl groups excluding tert-OH is 1. The van der Waals surface area contributed by atoms with Crippen LogP contribution in [0.1, 0.15) is 44.9 Å². The summed E-state index contributed by atoms with van der Waals surface area (Å²) < 4.78 is 11.2. The van der Waals surface area contributed by atoms with Gasteiger partial charge in [0.15, 0.2) is 0 Å². The maximum atomic E-state index is 9.54. The molecule has 2 aliphatic rings. The molecular formula is C14H27NO3. The van der Waals surface area contributed by atoms with Crippen molar-refractivity contribution >= 4 is 0 Å². The number of methoxy groups -OCH3 is 1. The third-order valence-electron chi connectivity index (χ3n) is 4.21. The van der Waals surface area contributed by atoms with Crippen LogP contribution in [0.15, 0.2) is 0 Å². The molecule has 0 aromatic rings. The lowest BCUT2D eigenvalue weighted by molar-refractivity contribution is -0.0630. The molecule has 0 radical (unpaired) electrons. The van der Waals surface area contributed by atoms with E-state index in [1.165, 1.54) is 38.5 Å². The highest BCUT2D eigenvalue weighted by molar-refractivity contribution is 4.91. The van der Waals surface area contributed by atoms with Gasteiger partial charge < -0.3 is 19.9 Å². The number of nitrogens with one attached hydrogen (secondary N) is 1. The largest absolute Gasteiger partial charge is 0.389 e. The molecule has 0 aromatic carbocycles. The molecule has 1 aliphatic heterocycles. The van der Waals surface area contributed by atoms with E-state index >= 15 is 0 Å². The Hall–Kier alpha value is -0.160. The van der Waals surface area contributed by atoms with Crippen molar-refractivity contribution in [3.8, 4) is 0 Å². The fourth-order valence-electron chi connectivity index (χ4n) is 3.27. The Bertz CT molecular complexity index is 241. The molecule has 2 rings (SSSR count). The van der Waals surface area contributed by atoms with Crippen LogP contribution in [-0.4, -0.2) is 49.7 Å². The SMILES string of the molecule is COCC(O)CNCC1CCC2(CCCCC2)O1. The summed E-state index contributed by atoms with van der Waals surface area (Å²) in [6.45, 7) is 1.83. The maximum absolute atomic E-state index is 9.54. The molecule has 1 spiro atoms. The fourth-order valence-corrected chi connectivity index (χ4v) is 3.27. The van der Waals surface area contributed by atoms with E-state index in [2.05, 4.69) is 5.32 Å². The molecule has 1 saturated carbocycles. The first kappa shape index (κ1) is 14.3. The molecule has 2 unspecified atom stereocenters. The van der Waals surface area contributed by atoms with Crippen molar-refractivity contribution in [2.24, 2.45) is 0 Å². The van der Waals surface area contributed by atoms with Crippen molar-refractivity contribution < 1.29 is 14.6 Å². The molecule has 1 aliphatic carbocycles. The van der Waals surface area contributed by atoms with Gasteiger partial charge in [-0.15, -0.1) is 0 Å². The number of ether oxygens (including phenoxy) is 2. The quantitative estimate of drug-likeness (QED) is 0.756. The van der Waals surface area contributed by atoms with Crippen molar-refractivity contribution in [3.63, 3.8) is 0 Å². The average Bonchev–Trinajstić information content (AvgIpc) is 2.74. The third kappa shape index (κ3) is 3.92. The van der Waals surface area contributed by atoms with E-state index in [0.717, 1.165) is 13.0 Å². The first-order valence-electron chi connectivity index (χ1n) is 7.30. The van der Waals surface area contributed by atoms with E-state index in [1.807, 2.05) is 0 Å². The minimum absolute atomic E-state index is 0.204. The summed E-state index contributed by atoms with van der Waals surface area (Å²) in [6, 6.07) is 0. The summed E-state index contributed by atoms with van der Waals surface area (Å²) in [6.07, 6.45) is 8.81. The van der Waals surface area contributed by atoms with Gasteiger partial charge >= 0.3 is 0 Å². The van der Waals surface area contributed by atoms with Gasteiger partial charge in [0.2, 0.25) is 0 Å². The molecule has 106 valence electrons. The highest BCUT2D eigenvalue weighted by Gasteiger charge is 2.40. The number of hydrogen-bond acceptors (Lipinski definition) is 4. The van der Waals surface area contributed by atoms with Crippen LogP contribution < -0.4 is 5.32 Å². The van der Waals surface area contributed by atoms with Gasteiger partial charge in [-0.3, -0.25) is 0 Å². The molecule has 0 amide bonds. The Morgan fingerprint density at radius 3 is 2.83 bits per heavy atom. The van der Waals surface area contributed by atoms with Crippen molar-refractivity contribution in [3.05, 3.63) is 0 Å². The highest BCUT2D eigenvalue weighted by Crippen LogP contribution is 2.41. The van der Waals surface area contributed by atoms with Crippen LogP contribution in [-0.2, 0) is 9.47 Å². The van der Waals surface area contributed by atoms with Crippen LogP contribution in [0.5, 0.6) is 0 Å².